The Labute approximate surface area is 117 Å². The summed E-state index contributed by atoms with van der Waals surface area (Å²) in [5, 5.41) is 0.161. The second-order valence-corrected chi connectivity index (χ2v) is 6.74. The van der Waals surface area contributed by atoms with Crippen molar-refractivity contribution in [1.29, 1.82) is 0 Å². The van der Waals surface area contributed by atoms with E-state index in [0.717, 1.165) is 11.1 Å². The summed E-state index contributed by atoms with van der Waals surface area (Å²) in [4.78, 5) is 0.117. The molecule has 0 spiro atoms. The first kappa shape index (κ1) is 13.9. The van der Waals surface area contributed by atoms with Crippen LogP contribution in [0.3, 0.4) is 0 Å². The van der Waals surface area contributed by atoms with Gasteiger partial charge in [-0.05, 0) is 36.2 Å². The normalized spacial score (nSPS) is 11.5. The topological polar surface area (TPSA) is 60.2 Å². The summed E-state index contributed by atoms with van der Waals surface area (Å²) >= 11 is 5.96. The summed E-state index contributed by atoms with van der Waals surface area (Å²) in [7, 11) is -3.47. The second-order valence-electron chi connectivity index (χ2n) is 4.38. The summed E-state index contributed by atoms with van der Waals surface area (Å²) in [6, 6.07) is 11.8. The van der Waals surface area contributed by atoms with Crippen molar-refractivity contribution in [3.63, 3.8) is 0 Å². The van der Waals surface area contributed by atoms with E-state index < -0.39 is 9.84 Å². The number of rotatable bonds is 3. The van der Waals surface area contributed by atoms with Crippen molar-refractivity contribution in [3.8, 4) is 0 Å². The third-order valence-corrected chi connectivity index (χ3v) is 5.04. The maximum Gasteiger partial charge on any atom is 0.183 e. The molecule has 0 radical (unpaired) electrons. The van der Waals surface area contributed by atoms with Crippen molar-refractivity contribution in [1.82, 2.24) is 0 Å². The summed E-state index contributed by atoms with van der Waals surface area (Å²) in [6.45, 7) is 1.88. The van der Waals surface area contributed by atoms with Gasteiger partial charge < -0.3 is 5.73 Å². The smallest absolute Gasteiger partial charge is 0.183 e. The van der Waals surface area contributed by atoms with Crippen molar-refractivity contribution in [2.24, 2.45) is 0 Å². The Bertz CT molecular complexity index is 711. The highest BCUT2D eigenvalue weighted by Crippen LogP contribution is 2.27. The van der Waals surface area contributed by atoms with Crippen LogP contribution in [0.15, 0.2) is 47.4 Å². The third-order valence-electron chi connectivity index (χ3n) is 2.90. The summed E-state index contributed by atoms with van der Waals surface area (Å²) in [6.07, 6.45) is 0. The number of hydrogen-bond acceptors (Lipinski definition) is 3. The zero-order chi connectivity index (χ0) is 14.0. The molecule has 100 valence electrons. The van der Waals surface area contributed by atoms with E-state index in [1.54, 1.807) is 6.07 Å². The van der Waals surface area contributed by atoms with Crippen LogP contribution in [0.25, 0.3) is 0 Å². The number of sulfone groups is 1. The van der Waals surface area contributed by atoms with Gasteiger partial charge in [-0.2, -0.15) is 0 Å². The zero-order valence-corrected chi connectivity index (χ0v) is 12.0. The number of anilines is 1. The quantitative estimate of drug-likeness (QED) is 0.885. The number of hydrogen-bond donors (Lipinski definition) is 1. The number of benzene rings is 2. The Hall–Kier alpha value is -1.52. The molecule has 0 amide bonds. The van der Waals surface area contributed by atoms with Gasteiger partial charge in [0.2, 0.25) is 0 Å². The maximum absolute atomic E-state index is 12.4. The van der Waals surface area contributed by atoms with E-state index in [1.165, 1.54) is 18.2 Å². The predicted molar refractivity (Wildman–Crippen MR) is 77.9 cm³/mol. The summed E-state index contributed by atoms with van der Waals surface area (Å²) in [5.41, 5.74) is 7.73. The van der Waals surface area contributed by atoms with E-state index in [2.05, 4.69) is 0 Å². The van der Waals surface area contributed by atoms with Gasteiger partial charge in [-0.3, -0.25) is 0 Å². The van der Waals surface area contributed by atoms with Crippen LogP contribution in [0.2, 0.25) is 5.02 Å². The van der Waals surface area contributed by atoms with E-state index in [-0.39, 0.29) is 15.7 Å². The second kappa shape index (κ2) is 5.23. The molecule has 0 unspecified atom stereocenters. The predicted octanol–water partition coefficient (Wildman–Crippen LogP) is 3.20. The minimum absolute atomic E-state index is 0.0662. The molecule has 19 heavy (non-hydrogen) atoms. The largest absolute Gasteiger partial charge is 0.399 e. The molecule has 0 atom stereocenters. The third kappa shape index (κ3) is 3.08. The highest BCUT2D eigenvalue weighted by molar-refractivity contribution is 7.90. The molecule has 0 fully saturated rings. The molecule has 2 aromatic carbocycles. The molecule has 5 heteroatoms. The van der Waals surface area contributed by atoms with Gasteiger partial charge in [0.1, 0.15) is 0 Å². The Morgan fingerprint density at radius 1 is 1.16 bits per heavy atom. The molecule has 3 nitrogen and oxygen atoms in total. The fraction of sp³-hybridized carbons (Fsp3) is 0.143. The van der Waals surface area contributed by atoms with Gasteiger partial charge in [0.15, 0.2) is 9.84 Å². The average molecular weight is 296 g/mol. The van der Waals surface area contributed by atoms with Crippen molar-refractivity contribution >= 4 is 27.1 Å². The molecule has 0 aliphatic heterocycles. The minimum Gasteiger partial charge on any atom is -0.399 e. The van der Waals surface area contributed by atoms with E-state index in [0.29, 0.717) is 5.69 Å². The van der Waals surface area contributed by atoms with E-state index in [9.17, 15) is 8.42 Å². The molecule has 0 bridgehead atoms. The van der Waals surface area contributed by atoms with Crippen LogP contribution in [0.5, 0.6) is 0 Å². The van der Waals surface area contributed by atoms with E-state index in [4.69, 9.17) is 17.3 Å². The molecule has 0 saturated heterocycles. The van der Waals surface area contributed by atoms with Crippen LogP contribution in [-0.4, -0.2) is 8.42 Å². The summed E-state index contributed by atoms with van der Waals surface area (Å²) in [5.74, 6) is -0.0662. The maximum atomic E-state index is 12.4. The average Bonchev–Trinajstić information content (AvgIpc) is 2.31. The van der Waals surface area contributed by atoms with Crippen LogP contribution in [0, 0.1) is 6.92 Å². The molecular weight excluding hydrogens is 282 g/mol. The molecule has 2 rings (SSSR count). The van der Waals surface area contributed by atoms with Crippen LogP contribution < -0.4 is 5.73 Å². The lowest BCUT2D eigenvalue weighted by atomic mass is 10.1. The molecule has 2 N–H and O–H groups in total. The standard InChI is InChI=1S/C14H14ClNO2S/c1-10-4-2-3-5-11(10)9-19(17,18)14-7-6-12(16)8-13(14)15/h2-8H,9,16H2,1H3. The zero-order valence-electron chi connectivity index (χ0n) is 10.4. The lowest BCUT2D eigenvalue weighted by Crippen LogP contribution is -2.07. The molecule has 0 heterocycles. The Balaban J connectivity index is 2.41. The van der Waals surface area contributed by atoms with Gasteiger partial charge in [-0.25, -0.2) is 8.42 Å². The molecule has 0 saturated carbocycles. The number of nitrogen functional groups attached to an aromatic ring is 1. The lowest BCUT2D eigenvalue weighted by Gasteiger charge is -2.09. The van der Waals surface area contributed by atoms with Crippen molar-refractivity contribution in [2.75, 3.05) is 5.73 Å². The number of halogens is 1. The van der Waals surface area contributed by atoms with E-state index >= 15 is 0 Å². The van der Waals surface area contributed by atoms with Gasteiger partial charge in [0.25, 0.3) is 0 Å². The monoisotopic (exact) mass is 295 g/mol. The van der Waals surface area contributed by atoms with Crippen molar-refractivity contribution in [2.45, 2.75) is 17.6 Å². The van der Waals surface area contributed by atoms with E-state index in [1.807, 2.05) is 25.1 Å². The van der Waals surface area contributed by atoms with Gasteiger partial charge in [-0.1, -0.05) is 35.9 Å². The number of nitrogens with two attached hydrogens (primary N) is 1. The van der Waals surface area contributed by atoms with Crippen molar-refractivity contribution < 1.29 is 8.42 Å². The first-order valence-electron chi connectivity index (χ1n) is 5.72. The minimum atomic E-state index is -3.47. The molecular formula is C14H14ClNO2S. The number of aryl methyl sites for hydroxylation is 1. The van der Waals surface area contributed by atoms with Gasteiger partial charge in [0.05, 0.1) is 15.7 Å². The molecule has 2 aromatic rings. The summed E-state index contributed by atoms with van der Waals surface area (Å²) < 4.78 is 24.7. The fourth-order valence-electron chi connectivity index (χ4n) is 1.82. The first-order chi connectivity index (χ1) is 8.90. The van der Waals surface area contributed by atoms with Crippen molar-refractivity contribution in [3.05, 3.63) is 58.6 Å². The molecule has 0 aliphatic carbocycles. The lowest BCUT2D eigenvalue weighted by molar-refractivity contribution is 0.595. The fourth-order valence-corrected chi connectivity index (χ4v) is 3.89. The first-order valence-corrected chi connectivity index (χ1v) is 7.75. The van der Waals surface area contributed by atoms with Crippen LogP contribution >= 0.6 is 11.6 Å². The van der Waals surface area contributed by atoms with Gasteiger partial charge in [-0.15, -0.1) is 0 Å². The Morgan fingerprint density at radius 2 is 1.84 bits per heavy atom. The highest BCUT2D eigenvalue weighted by atomic mass is 35.5. The van der Waals surface area contributed by atoms with Crippen LogP contribution in [-0.2, 0) is 15.6 Å². The molecule has 0 aromatic heterocycles. The SMILES string of the molecule is Cc1ccccc1CS(=O)(=O)c1ccc(N)cc1Cl. The van der Waals surface area contributed by atoms with Gasteiger partial charge in [0, 0.05) is 5.69 Å². The Kier molecular flexibility index (Phi) is 3.83. The molecule has 0 aliphatic rings. The van der Waals surface area contributed by atoms with Crippen LogP contribution in [0.1, 0.15) is 11.1 Å². The Morgan fingerprint density at radius 3 is 2.47 bits per heavy atom. The van der Waals surface area contributed by atoms with Crippen LogP contribution in [0.4, 0.5) is 5.69 Å². The highest BCUT2D eigenvalue weighted by Gasteiger charge is 2.19. The van der Waals surface area contributed by atoms with Gasteiger partial charge >= 0.3 is 0 Å².